The first-order chi connectivity index (χ1) is 18.7. The van der Waals surface area contributed by atoms with Crippen LogP contribution in [-0.4, -0.2) is 59.9 Å². The van der Waals surface area contributed by atoms with Gasteiger partial charge in [0.25, 0.3) is 5.91 Å². The third-order valence-corrected chi connectivity index (χ3v) is 7.09. The molecule has 1 aliphatic rings. The summed E-state index contributed by atoms with van der Waals surface area (Å²) in [6, 6.07) is 15.8. The predicted molar refractivity (Wildman–Crippen MR) is 142 cm³/mol. The monoisotopic (exact) mass is 555 g/mol. The number of ether oxygens (including phenoxy) is 1. The van der Waals surface area contributed by atoms with Gasteiger partial charge in [-0.3, -0.25) is 19.8 Å². The number of carbonyl (C=O) groups excluding carboxylic acids is 3. The van der Waals surface area contributed by atoms with Gasteiger partial charge in [0.2, 0.25) is 11.8 Å². The number of benzene rings is 2. The highest BCUT2D eigenvalue weighted by atomic mass is 32.1. The Kier molecular flexibility index (Phi) is 8.55. The van der Waals surface area contributed by atoms with Crippen LogP contribution in [-0.2, 0) is 16.1 Å². The van der Waals surface area contributed by atoms with E-state index in [4.69, 9.17) is 15.9 Å². The van der Waals surface area contributed by atoms with E-state index in [0.29, 0.717) is 21.9 Å². The number of alkyl halides is 2. The molecule has 5 N–H and O–H groups in total. The molecule has 1 aliphatic heterocycles. The maximum Gasteiger partial charge on any atom is 0.251 e. The molecule has 0 radical (unpaired) electrons. The molecule has 0 aliphatic carbocycles. The molecular formula is C27H27F2N5O4S. The molecule has 1 aromatic heterocycles. The Bertz CT molecular complexity index is 1350. The minimum Gasteiger partial charge on any atom is -0.457 e. The lowest BCUT2D eigenvalue weighted by molar-refractivity contribution is -0.137. The lowest BCUT2D eigenvalue weighted by atomic mass is 10.0. The quantitative estimate of drug-likeness (QED) is 0.225. The standard InChI is InChI=1S/C27H27F2N5O4S/c28-15-27(29)11-22(26(37)32-12-21-10-18(14-39-21)24(30)31)34(16-27)23(35)13-33-25(36)17-6-8-20(9-7-17)38-19-4-2-1-3-5-19/h1-10,14,22H,11-13,15-16H2,(H3,30,31)(H,32,37)(H,33,36)/t22-,27-/m0/s1. The van der Waals surface area contributed by atoms with Gasteiger partial charge in [-0.25, -0.2) is 8.78 Å². The summed E-state index contributed by atoms with van der Waals surface area (Å²) in [5, 5.41) is 14.2. The fraction of sp³-hybridized carbons (Fsp3) is 0.259. The molecule has 0 saturated carbocycles. The summed E-state index contributed by atoms with van der Waals surface area (Å²) >= 11 is 1.28. The first-order valence-corrected chi connectivity index (χ1v) is 12.9. The zero-order chi connectivity index (χ0) is 28.0. The van der Waals surface area contributed by atoms with Crippen LogP contribution in [0, 0.1) is 5.41 Å². The summed E-state index contributed by atoms with van der Waals surface area (Å²) in [5.74, 6) is -0.862. The van der Waals surface area contributed by atoms with E-state index >= 15 is 0 Å². The average molecular weight is 556 g/mol. The molecule has 3 aromatic rings. The third kappa shape index (κ3) is 6.96. The molecule has 3 amide bonds. The lowest BCUT2D eigenvalue weighted by Gasteiger charge is -2.24. The van der Waals surface area contributed by atoms with Crippen LogP contribution in [0.2, 0.25) is 0 Å². The van der Waals surface area contributed by atoms with E-state index in [0.717, 1.165) is 4.90 Å². The molecule has 1 saturated heterocycles. The largest absolute Gasteiger partial charge is 0.457 e. The van der Waals surface area contributed by atoms with Gasteiger partial charge < -0.3 is 26.0 Å². The Balaban J connectivity index is 1.34. The van der Waals surface area contributed by atoms with Crippen molar-refractivity contribution in [3.05, 3.63) is 82.0 Å². The molecule has 9 nitrogen and oxygen atoms in total. The first-order valence-electron chi connectivity index (χ1n) is 12.0. The fourth-order valence-electron chi connectivity index (χ4n) is 4.09. The lowest BCUT2D eigenvalue weighted by Crippen LogP contribution is -2.49. The zero-order valence-electron chi connectivity index (χ0n) is 20.8. The summed E-state index contributed by atoms with van der Waals surface area (Å²) in [5.41, 5.74) is 3.86. The summed E-state index contributed by atoms with van der Waals surface area (Å²) in [4.78, 5) is 40.0. The van der Waals surface area contributed by atoms with Gasteiger partial charge in [0.05, 0.1) is 19.6 Å². The van der Waals surface area contributed by atoms with Gasteiger partial charge in [-0.15, -0.1) is 11.3 Å². The second kappa shape index (κ2) is 12.0. The highest BCUT2D eigenvalue weighted by Crippen LogP contribution is 2.32. The number of hydrogen-bond donors (Lipinski definition) is 4. The number of amides is 3. The maximum atomic E-state index is 14.9. The normalized spacial score (nSPS) is 18.4. The van der Waals surface area contributed by atoms with E-state index in [-0.39, 0.29) is 17.9 Å². The van der Waals surface area contributed by atoms with Crippen molar-refractivity contribution in [2.45, 2.75) is 24.7 Å². The van der Waals surface area contributed by atoms with Gasteiger partial charge in [0.1, 0.15) is 30.1 Å². The maximum absolute atomic E-state index is 14.9. The minimum atomic E-state index is -2.36. The Morgan fingerprint density at radius 3 is 2.41 bits per heavy atom. The minimum absolute atomic E-state index is 0.0743. The molecular weight excluding hydrogens is 528 g/mol. The number of nitrogens with one attached hydrogen (secondary N) is 3. The smallest absolute Gasteiger partial charge is 0.251 e. The van der Waals surface area contributed by atoms with Crippen molar-refractivity contribution in [1.82, 2.24) is 15.5 Å². The third-order valence-electron chi connectivity index (χ3n) is 6.15. The summed E-state index contributed by atoms with van der Waals surface area (Å²) in [6.45, 7) is -2.38. The van der Waals surface area contributed by atoms with Gasteiger partial charge in [-0.2, -0.15) is 0 Å². The number of rotatable bonds is 10. The number of para-hydroxylation sites is 1. The fourth-order valence-corrected chi connectivity index (χ4v) is 4.92. The predicted octanol–water partition coefficient (Wildman–Crippen LogP) is 3.15. The molecule has 0 unspecified atom stereocenters. The van der Waals surface area contributed by atoms with E-state index in [1.165, 1.54) is 23.5 Å². The Morgan fingerprint density at radius 1 is 1.08 bits per heavy atom. The average Bonchev–Trinajstić information content (AvgIpc) is 3.57. The first kappa shape index (κ1) is 27.7. The zero-order valence-corrected chi connectivity index (χ0v) is 21.6. The van der Waals surface area contributed by atoms with Crippen LogP contribution in [0.5, 0.6) is 11.5 Å². The summed E-state index contributed by atoms with van der Waals surface area (Å²) in [6.07, 6.45) is -0.499. The van der Waals surface area contributed by atoms with Crippen LogP contribution >= 0.6 is 11.3 Å². The summed E-state index contributed by atoms with van der Waals surface area (Å²) < 4.78 is 34.0. The highest BCUT2D eigenvalue weighted by molar-refractivity contribution is 7.10. The van der Waals surface area contributed by atoms with Crippen molar-refractivity contribution in [3.63, 3.8) is 0 Å². The van der Waals surface area contributed by atoms with Gasteiger partial charge >= 0.3 is 0 Å². The van der Waals surface area contributed by atoms with Crippen molar-refractivity contribution in [2.24, 2.45) is 5.73 Å². The number of thiophene rings is 1. The molecule has 0 spiro atoms. The molecule has 0 bridgehead atoms. The second-order valence-corrected chi connectivity index (χ2v) is 10.1. The molecule has 12 heteroatoms. The molecule has 204 valence electrons. The van der Waals surface area contributed by atoms with E-state index in [2.05, 4.69) is 10.6 Å². The number of carbonyl (C=O) groups is 3. The number of hydrogen-bond acceptors (Lipinski definition) is 6. The van der Waals surface area contributed by atoms with E-state index in [9.17, 15) is 23.2 Å². The van der Waals surface area contributed by atoms with E-state index in [1.54, 1.807) is 35.7 Å². The number of amidine groups is 1. The van der Waals surface area contributed by atoms with Gasteiger partial charge in [-0.05, 0) is 42.5 Å². The van der Waals surface area contributed by atoms with Gasteiger partial charge in [-0.1, -0.05) is 18.2 Å². The SMILES string of the molecule is N=C(N)c1csc(CNC(=O)[C@@H]2C[C@](F)(CF)CN2C(=O)CNC(=O)c2ccc(Oc3ccccc3)cc2)c1. The van der Waals surface area contributed by atoms with Crippen molar-refractivity contribution < 1.29 is 27.9 Å². The Morgan fingerprint density at radius 2 is 1.77 bits per heavy atom. The van der Waals surface area contributed by atoms with Crippen molar-refractivity contribution in [3.8, 4) is 11.5 Å². The number of halogens is 2. The van der Waals surface area contributed by atoms with Crippen molar-refractivity contribution >= 4 is 34.9 Å². The van der Waals surface area contributed by atoms with Gasteiger partial charge in [0, 0.05) is 27.8 Å². The molecule has 2 atom stereocenters. The highest BCUT2D eigenvalue weighted by Gasteiger charge is 2.49. The van der Waals surface area contributed by atoms with E-state index < -0.39 is 55.6 Å². The van der Waals surface area contributed by atoms with Crippen LogP contribution in [0.25, 0.3) is 0 Å². The van der Waals surface area contributed by atoms with E-state index in [1.807, 2.05) is 18.2 Å². The number of nitrogens with two attached hydrogens (primary N) is 1. The Hall–Kier alpha value is -4.32. The Labute approximate surface area is 227 Å². The van der Waals surface area contributed by atoms with Crippen molar-refractivity contribution in [2.75, 3.05) is 19.8 Å². The topological polar surface area (TPSA) is 138 Å². The van der Waals surface area contributed by atoms with Crippen LogP contribution in [0.1, 0.15) is 27.2 Å². The van der Waals surface area contributed by atoms with Crippen molar-refractivity contribution in [1.29, 1.82) is 5.41 Å². The molecule has 1 fully saturated rings. The molecule has 4 rings (SSSR count). The summed E-state index contributed by atoms with van der Waals surface area (Å²) in [7, 11) is 0. The molecule has 2 heterocycles. The van der Waals surface area contributed by atoms with Crippen LogP contribution in [0.3, 0.4) is 0 Å². The number of nitrogen functional groups attached to an aromatic ring is 1. The number of nitrogens with zero attached hydrogens (tertiary/aromatic N) is 1. The van der Waals surface area contributed by atoms with Crippen LogP contribution < -0.4 is 21.1 Å². The second-order valence-electron chi connectivity index (χ2n) is 9.08. The molecule has 2 aromatic carbocycles. The number of likely N-dealkylation sites (tertiary alicyclic amines) is 1. The van der Waals surface area contributed by atoms with Crippen LogP contribution in [0.15, 0.2) is 66.0 Å². The van der Waals surface area contributed by atoms with Crippen LogP contribution in [0.4, 0.5) is 8.78 Å². The molecule has 39 heavy (non-hydrogen) atoms. The van der Waals surface area contributed by atoms with Gasteiger partial charge in [0.15, 0.2) is 5.67 Å².